The standard InChI is InChI=1S/C24H25N3O/c1-2-3-13-21-24(27-22(28)16-17-9-5-4-6-10-17)26-20-15-14-18-11-7-8-12-19(18)23(20)25-21/h4-12H,2-3,13-16H2,1H3,(H,26,27,28). The molecule has 0 saturated carbocycles. The fraction of sp³-hybridized carbons (Fsp3) is 0.292. The van der Waals surface area contributed by atoms with E-state index in [1.54, 1.807) is 0 Å². The highest BCUT2D eigenvalue weighted by molar-refractivity contribution is 5.92. The fourth-order valence-corrected chi connectivity index (χ4v) is 3.69. The summed E-state index contributed by atoms with van der Waals surface area (Å²) in [6.07, 6.45) is 5.08. The van der Waals surface area contributed by atoms with E-state index >= 15 is 0 Å². The van der Waals surface area contributed by atoms with Crippen LogP contribution in [0.25, 0.3) is 11.3 Å². The highest BCUT2D eigenvalue weighted by Gasteiger charge is 2.22. The zero-order chi connectivity index (χ0) is 19.3. The van der Waals surface area contributed by atoms with Crippen molar-refractivity contribution in [3.63, 3.8) is 0 Å². The molecule has 1 amide bonds. The SMILES string of the molecule is CCCCc1nc2c(nc1NC(=O)Cc1ccccc1)CCc1ccccc1-2. The van der Waals surface area contributed by atoms with E-state index in [1.807, 2.05) is 30.3 Å². The monoisotopic (exact) mass is 371 g/mol. The molecule has 0 spiro atoms. The van der Waals surface area contributed by atoms with Gasteiger partial charge in [0.1, 0.15) is 0 Å². The molecule has 1 N–H and O–H groups in total. The lowest BCUT2D eigenvalue weighted by Gasteiger charge is -2.21. The largest absolute Gasteiger partial charge is 0.309 e. The maximum absolute atomic E-state index is 12.6. The Morgan fingerprint density at radius 3 is 2.61 bits per heavy atom. The van der Waals surface area contributed by atoms with Gasteiger partial charge in [0.2, 0.25) is 5.91 Å². The van der Waals surface area contributed by atoms with E-state index in [4.69, 9.17) is 9.97 Å². The van der Waals surface area contributed by atoms with Gasteiger partial charge in [0.25, 0.3) is 0 Å². The van der Waals surface area contributed by atoms with Gasteiger partial charge in [-0.1, -0.05) is 67.9 Å². The van der Waals surface area contributed by atoms with Crippen molar-refractivity contribution in [2.24, 2.45) is 0 Å². The number of hydrogen-bond acceptors (Lipinski definition) is 3. The molecule has 0 saturated heterocycles. The Morgan fingerprint density at radius 2 is 1.79 bits per heavy atom. The predicted molar refractivity (Wildman–Crippen MR) is 112 cm³/mol. The highest BCUT2D eigenvalue weighted by Crippen LogP contribution is 2.32. The van der Waals surface area contributed by atoms with E-state index in [2.05, 4.69) is 36.5 Å². The third kappa shape index (κ3) is 3.96. The van der Waals surface area contributed by atoms with Gasteiger partial charge in [0, 0.05) is 5.56 Å². The first-order valence-corrected chi connectivity index (χ1v) is 10.1. The maximum Gasteiger partial charge on any atom is 0.229 e. The first kappa shape index (κ1) is 18.4. The highest BCUT2D eigenvalue weighted by atomic mass is 16.1. The van der Waals surface area contributed by atoms with Gasteiger partial charge in [-0.15, -0.1) is 0 Å². The molecule has 1 aliphatic carbocycles. The summed E-state index contributed by atoms with van der Waals surface area (Å²) in [5.74, 6) is 0.585. The fourth-order valence-electron chi connectivity index (χ4n) is 3.69. The number of fused-ring (bicyclic) bond motifs is 3. The quantitative estimate of drug-likeness (QED) is 0.679. The smallest absolute Gasteiger partial charge is 0.229 e. The van der Waals surface area contributed by atoms with Gasteiger partial charge in [-0.05, 0) is 36.8 Å². The molecule has 0 radical (unpaired) electrons. The first-order chi connectivity index (χ1) is 13.7. The average Bonchev–Trinajstić information content (AvgIpc) is 2.72. The molecular weight excluding hydrogens is 346 g/mol. The minimum atomic E-state index is -0.0468. The zero-order valence-corrected chi connectivity index (χ0v) is 16.2. The lowest BCUT2D eigenvalue weighted by molar-refractivity contribution is -0.115. The van der Waals surface area contributed by atoms with Crippen LogP contribution in [0.3, 0.4) is 0 Å². The van der Waals surface area contributed by atoms with E-state index in [1.165, 1.54) is 11.1 Å². The van der Waals surface area contributed by atoms with Crippen molar-refractivity contribution in [1.29, 1.82) is 0 Å². The van der Waals surface area contributed by atoms with Crippen LogP contribution in [0, 0.1) is 0 Å². The van der Waals surface area contributed by atoms with Crippen LogP contribution < -0.4 is 5.32 Å². The lowest BCUT2D eigenvalue weighted by Crippen LogP contribution is -2.19. The topological polar surface area (TPSA) is 54.9 Å². The number of carbonyl (C=O) groups excluding carboxylic acids is 1. The van der Waals surface area contributed by atoms with Gasteiger partial charge in [-0.3, -0.25) is 4.79 Å². The Kier molecular flexibility index (Phi) is 5.47. The van der Waals surface area contributed by atoms with Crippen LogP contribution in [0.1, 0.15) is 42.3 Å². The molecule has 4 rings (SSSR count). The molecule has 28 heavy (non-hydrogen) atoms. The Hall–Kier alpha value is -3.01. The molecule has 2 aromatic carbocycles. The number of nitrogens with one attached hydrogen (secondary N) is 1. The van der Waals surface area contributed by atoms with Crippen molar-refractivity contribution < 1.29 is 4.79 Å². The molecule has 0 atom stereocenters. The second-order valence-electron chi connectivity index (χ2n) is 7.29. The van der Waals surface area contributed by atoms with Crippen molar-refractivity contribution >= 4 is 11.7 Å². The first-order valence-electron chi connectivity index (χ1n) is 10.1. The molecule has 1 aromatic heterocycles. The molecule has 1 aliphatic rings. The number of benzene rings is 2. The van der Waals surface area contributed by atoms with Crippen molar-refractivity contribution in [2.75, 3.05) is 5.32 Å². The molecule has 0 unspecified atom stereocenters. The summed E-state index contributed by atoms with van der Waals surface area (Å²) >= 11 is 0. The van der Waals surface area contributed by atoms with E-state index in [-0.39, 0.29) is 5.91 Å². The number of rotatable bonds is 6. The van der Waals surface area contributed by atoms with Crippen molar-refractivity contribution in [2.45, 2.75) is 45.4 Å². The van der Waals surface area contributed by atoms with E-state index in [9.17, 15) is 4.79 Å². The number of aromatic nitrogens is 2. The number of nitrogens with zero attached hydrogens (tertiary/aromatic N) is 2. The molecule has 0 aliphatic heterocycles. The molecule has 142 valence electrons. The molecule has 0 fully saturated rings. The molecule has 1 heterocycles. The maximum atomic E-state index is 12.6. The van der Waals surface area contributed by atoms with Crippen LogP contribution in [0.2, 0.25) is 0 Å². The molecule has 0 bridgehead atoms. The normalized spacial score (nSPS) is 12.2. The average molecular weight is 371 g/mol. The van der Waals surface area contributed by atoms with E-state index in [0.717, 1.165) is 54.7 Å². The van der Waals surface area contributed by atoms with E-state index in [0.29, 0.717) is 12.2 Å². The van der Waals surface area contributed by atoms with Crippen molar-refractivity contribution in [3.8, 4) is 11.3 Å². The second kappa shape index (κ2) is 8.34. The third-order valence-electron chi connectivity index (χ3n) is 5.18. The Bertz CT molecular complexity index is 982. The van der Waals surface area contributed by atoms with Gasteiger partial charge >= 0.3 is 0 Å². The minimum absolute atomic E-state index is 0.0468. The van der Waals surface area contributed by atoms with Crippen LogP contribution >= 0.6 is 0 Å². The Balaban J connectivity index is 1.64. The number of hydrogen-bond donors (Lipinski definition) is 1. The van der Waals surface area contributed by atoms with Gasteiger partial charge in [-0.2, -0.15) is 0 Å². The third-order valence-corrected chi connectivity index (χ3v) is 5.18. The summed E-state index contributed by atoms with van der Waals surface area (Å²) in [6.45, 7) is 2.16. The number of amides is 1. The van der Waals surface area contributed by atoms with Crippen LogP contribution in [-0.4, -0.2) is 15.9 Å². The Labute approximate surface area is 166 Å². The van der Waals surface area contributed by atoms with Crippen LogP contribution in [0.5, 0.6) is 0 Å². The van der Waals surface area contributed by atoms with Crippen LogP contribution in [0.4, 0.5) is 5.82 Å². The summed E-state index contributed by atoms with van der Waals surface area (Å²) in [5.41, 5.74) is 6.35. The summed E-state index contributed by atoms with van der Waals surface area (Å²) in [5, 5.41) is 3.03. The predicted octanol–water partition coefficient (Wildman–Crippen LogP) is 4.77. The number of carbonyl (C=O) groups is 1. The minimum Gasteiger partial charge on any atom is -0.309 e. The summed E-state index contributed by atoms with van der Waals surface area (Å²) in [6, 6.07) is 18.2. The number of aryl methyl sites for hydroxylation is 3. The molecule has 4 heteroatoms. The molecular formula is C24H25N3O. The second-order valence-corrected chi connectivity index (χ2v) is 7.29. The zero-order valence-electron chi connectivity index (χ0n) is 16.2. The Morgan fingerprint density at radius 1 is 1.00 bits per heavy atom. The lowest BCUT2D eigenvalue weighted by atomic mass is 9.91. The number of anilines is 1. The molecule has 3 aromatic rings. The van der Waals surface area contributed by atoms with Gasteiger partial charge < -0.3 is 5.32 Å². The summed E-state index contributed by atoms with van der Waals surface area (Å²) in [4.78, 5) is 22.4. The van der Waals surface area contributed by atoms with Crippen LogP contribution in [0.15, 0.2) is 54.6 Å². The van der Waals surface area contributed by atoms with Gasteiger partial charge in [-0.25, -0.2) is 9.97 Å². The van der Waals surface area contributed by atoms with Gasteiger partial charge in [0.05, 0.1) is 23.5 Å². The van der Waals surface area contributed by atoms with Crippen molar-refractivity contribution in [3.05, 3.63) is 77.1 Å². The van der Waals surface area contributed by atoms with Gasteiger partial charge in [0.15, 0.2) is 5.82 Å². The van der Waals surface area contributed by atoms with E-state index < -0.39 is 0 Å². The molecule has 4 nitrogen and oxygen atoms in total. The summed E-state index contributed by atoms with van der Waals surface area (Å²) < 4.78 is 0. The van der Waals surface area contributed by atoms with Crippen LogP contribution in [-0.2, 0) is 30.5 Å². The summed E-state index contributed by atoms with van der Waals surface area (Å²) in [7, 11) is 0. The van der Waals surface area contributed by atoms with Crippen molar-refractivity contribution in [1.82, 2.24) is 9.97 Å². The number of unbranched alkanes of at least 4 members (excludes halogenated alkanes) is 1.